The van der Waals surface area contributed by atoms with Crippen molar-refractivity contribution in [2.75, 3.05) is 38.3 Å². The number of piperidine rings is 1. The number of aliphatic hydroxyl groups excluding tert-OH is 1. The Morgan fingerprint density at radius 3 is 2.71 bits per heavy atom. The highest BCUT2D eigenvalue weighted by molar-refractivity contribution is 5.50. The molecule has 2 N–H and O–H groups in total. The Morgan fingerprint density at radius 1 is 1.43 bits per heavy atom. The second-order valence-corrected chi connectivity index (χ2v) is 5.50. The predicted octanol–water partition coefficient (Wildman–Crippen LogP) is 2.08. The highest BCUT2D eigenvalue weighted by Crippen LogP contribution is 2.26. The van der Waals surface area contributed by atoms with Crippen LogP contribution in [0.3, 0.4) is 0 Å². The smallest absolute Gasteiger partial charge is 0.146 e. The van der Waals surface area contributed by atoms with Crippen LogP contribution in [-0.4, -0.2) is 44.6 Å². The van der Waals surface area contributed by atoms with Crippen LogP contribution in [0.1, 0.15) is 31.4 Å². The molecule has 21 heavy (non-hydrogen) atoms. The Labute approximate surface area is 125 Å². The maximum absolute atomic E-state index is 14.3. The molecule has 0 saturated carbocycles. The molecule has 0 aromatic heterocycles. The molecule has 1 saturated heterocycles. The first-order chi connectivity index (χ1) is 10.2. The third kappa shape index (κ3) is 4.15. The summed E-state index contributed by atoms with van der Waals surface area (Å²) in [7, 11) is 1.87. The molecule has 0 spiro atoms. The molecule has 0 amide bonds. The van der Waals surface area contributed by atoms with Crippen LogP contribution < -0.4 is 10.2 Å². The standard InChI is InChI=1S/C16H25FN2O2/c1-12(18-2)13-3-4-16(15(17)11-13)19-7-5-14(6-8-19)21-10-9-20/h3-4,11-12,14,18,20H,5-10H2,1-2H3. The first kappa shape index (κ1) is 16.2. The second-order valence-electron chi connectivity index (χ2n) is 5.50. The lowest BCUT2D eigenvalue weighted by Gasteiger charge is -2.33. The van der Waals surface area contributed by atoms with Gasteiger partial charge < -0.3 is 20.1 Å². The van der Waals surface area contributed by atoms with Crippen LogP contribution in [-0.2, 0) is 4.74 Å². The Kier molecular flexibility index (Phi) is 5.96. The molecule has 0 bridgehead atoms. The van der Waals surface area contributed by atoms with Gasteiger partial charge in [0, 0.05) is 19.1 Å². The van der Waals surface area contributed by atoms with Crippen LogP contribution in [0.15, 0.2) is 18.2 Å². The van der Waals surface area contributed by atoms with Crippen LogP contribution >= 0.6 is 0 Å². The molecule has 118 valence electrons. The van der Waals surface area contributed by atoms with Crippen molar-refractivity contribution in [2.24, 2.45) is 0 Å². The molecule has 1 heterocycles. The van der Waals surface area contributed by atoms with E-state index in [9.17, 15) is 4.39 Å². The maximum atomic E-state index is 14.3. The van der Waals surface area contributed by atoms with E-state index in [1.165, 1.54) is 0 Å². The lowest BCUT2D eigenvalue weighted by Crippen LogP contribution is -2.37. The fourth-order valence-electron chi connectivity index (χ4n) is 2.70. The monoisotopic (exact) mass is 296 g/mol. The van der Waals surface area contributed by atoms with E-state index < -0.39 is 0 Å². The van der Waals surface area contributed by atoms with Crippen molar-refractivity contribution in [3.05, 3.63) is 29.6 Å². The number of hydrogen-bond acceptors (Lipinski definition) is 4. The summed E-state index contributed by atoms with van der Waals surface area (Å²) in [6.45, 7) is 4.02. The molecule has 0 radical (unpaired) electrons. The molecular weight excluding hydrogens is 271 g/mol. The van der Waals surface area contributed by atoms with Gasteiger partial charge in [-0.15, -0.1) is 0 Å². The summed E-state index contributed by atoms with van der Waals surface area (Å²) in [5, 5.41) is 11.9. The van der Waals surface area contributed by atoms with Gasteiger partial charge in [-0.3, -0.25) is 0 Å². The lowest BCUT2D eigenvalue weighted by atomic mass is 10.0. The Balaban J connectivity index is 1.97. The summed E-state index contributed by atoms with van der Waals surface area (Å²) in [6, 6.07) is 5.61. The van der Waals surface area contributed by atoms with E-state index in [0.717, 1.165) is 31.5 Å². The van der Waals surface area contributed by atoms with Gasteiger partial charge in [0.25, 0.3) is 0 Å². The molecule has 1 fully saturated rings. The number of hydrogen-bond donors (Lipinski definition) is 2. The van der Waals surface area contributed by atoms with Gasteiger partial charge in [-0.2, -0.15) is 0 Å². The first-order valence-corrected chi connectivity index (χ1v) is 7.59. The van der Waals surface area contributed by atoms with Gasteiger partial charge >= 0.3 is 0 Å². The van der Waals surface area contributed by atoms with Gasteiger partial charge in [-0.1, -0.05) is 6.07 Å². The molecule has 1 atom stereocenters. The minimum absolute atomic E-state index is 0.0555. The largest absolute Gasteiger partial charge is 0.394 e. The van der Waals surface area contributed by atoms with Crippen molar-refractivity contribution in [3.63, 3.8) is 0 Å². The van der Waals surface area contributed by atoms with Crippen LogP contribution in [0.2, 0.25) is 0 Å². The van der Waals surface area contributed by atoms with Gasteiger partial charge in [0.2, 0.25) is 0 Å². The van der Waals surface area contributed by atoms with E-state index in [0.29, 0.717) is 12.3 Å². The number of anilines is 1. The molecule has 1 aromatic rings. The zero-order valence-electron chi connectivity index (χ0n) is 12.8. The predicted molar refractivity (Wildman–Crippen MR) is 82.1 cm³/mol. The highest BCUT2D eigenvalue weighted by Gasteiger charge is 2.22. The fourth-order valence-corrected chi connectivity index (χ4v) is 2.70. The van der Waals surface area contributed by atoms with E-state index in [1.54, 1.807) is 6.07 Å². The van der Waals surface area contributed by atoms with E-state index in [1.807, 2.05) is 26.1 Å². The molecular formula is C16H25FN2O2. The topological polar surface area (TPSA) is 44.7 Å². The number of rotatable bonds is 6. The third-order valence-electron chi connectivity index (χ3n) is 4.13. The van der Waals surface area contributed by atoms with Gasteiger partial charge in [-0.05, 0) is 44.5 Å². The van der Waals surface area contributed by atoms with Gasteiger partial charge in [0.15, 0.2) is 0 Å². The van der Waals surface area contributed by atoms with Gasteiger partial charge in [0.05, 0.1) is 25.0 Å². The Morgan fingerprint density at radius 2 is 2.14 bits per heavy atom. The fraction of sp³-hybridized carbons (Fsp3) is 0.625. The molecule has 0 aliphatic carbocycles. The normalized spacial score (nSPS) is 18.0. The van der Waals surface area contributed by atoms with Crippen LogP contribution in [0.4, 0.5) is 10.1 Å². The van der Waals surface area contributed by atoms with Crippen molar-refractivity contribution in [2.45, 2.75) is 31.9 Å². The van der Waals surface area contributed by atoms with Crippen molar-refractivity contribution < 1.29 is 14.2 Å². The summed E-state index contributed by atoms with van der Waals surface area (Å²) in [5.41, 5.74) is 1.63. The second kappa shape index (κ2) is 7.73. The number of aliphatic hydroxyl groups is 1. The number of nitrogens with one attached hydrogen (secondary N) is 1. The van der Waals surface area contributed by atoms with E-state index in [4.69, 9.17) is 9.84 Å². The molecule has 4 nitrogen and oxygen atoms in total. The average molecular weight is 296 g/mol. The molecule has 1 unspecified atom stereocenters. The lowest BCUT2D eigenvalue weighted by molar-refractivity contribution is 0.0158. The van der Waals surface area contributed by atoms with Crippen LogP contribution in [0.25, 0.3) is 0 Å². The SMILES string of the molecule is CNC(C)c1ccc(N2CCC(OCCO)CC2)c(F)c1. The number of halogens is 1. The Bertz CT molecular complexity index is 448. The van der Waals surface area contributed by atoms with Gasteiger partial charge in [0.1, 0.15) is 5.82 Å². The third-order valence-corrected chi connectivity index (χ3v) is 4.13. The molecule has 5 heteroatoms. The van der Waals surface area contributed by atoms with Crippen LogP contribution in [0, 0.1) is 5.82 Å². The Hall–Kier alpha value is -1.17. The zero-order chi connectivity index (χ0) is 15.2. The molecule has 2 rings (SSSR count). The number of benzene rings is 1. The average Bonchev–Trinajstić information content (AvgIpc) is 2.52. The summed E-state index contributed by atoms with van der Waals surface area (Å²) in [4.78, 5) is 2.07. The summed E-state index contributed by atoms with van der Waals surface area (Å²) < 4.78 is 19.8. The summed E-state index contributed by atoms with van der Waals surface area (Å²) in [5.74, 6) is -0.163. The molecule has 1 aliphatic rings. The van der Waals surface area contributed by atoms with Crippen molar-refractivity contribution in [1.82, 2.24) is 5.32 Å². The van der Waals surface area contributed by atoms with Crippen molar-refractivity contribution >= 4 is 5.69 Å². The van der Waals surface area contributed by atoms with E-state index in [2.05, 4.69) is 10.2 Å². The number of ether oxygens (including phenoxy) is 1. The van der Waals surface area contributed by atoms with E-state index >= 15 is 0 Å². The molecule has 1 aliphatic heterocycles. The van der Waals surface area contributed by atoms with Crippen LogP contribution in [0.5, 0.6) is 0 Å². The minimum Gasteiger partial charge on any atom is -0.394 e. The summed E-state index contributed by atoms with van der Waals surface area (Å²) >= 11 is 0. The van der Waals surface area contributed by atoms with Crippen molar-refractivity contribution in [3.8, 4) is 0 Å². The molecule has 1 aromatic carbocycles. The number of nitrogens with zero attached hydrogens (tertiary/aromatic N) is 1. The quantitative estimate of drug-likeness (QED) is 0.844. The minimum atomic E-state index is -0.163. The highest BCUT2D eigenvalue weighted by atomic mass is 19.1. The first-order valence-electron chi connectivity index (χ1n) is 7.59. The van der Waals surface area contributed by atoms with Crippen molar-refractivity contribution in [1.29, 1.82) is 0 Å². The van der Waals surface area contributed by atoms with Gasteiger partial charge in [-0.25, -0.2) is 4.39 Å². The van der Waals surface area contributed by atoms with E-state index in [-0.39, 0.29) is 24.6 Å². The maximum Gasteiger partial charge on any atom is 0.146 e. The zero-order valence-corrected chi connectivity index (χ0v) is 12.8. The summed E-state index contributed by atoms with van der Waals surface area (Å²) in [6.07, 6.45) is 1.92.